The van der Waals surface area contributed by atoms with Crippen molar-refractivity contribution in [3.05, 3.63) is 66.2 Å². The number of halogens is 4. The van der Waals surface area contributed by atoms with Crippen LogP contribution in [0.15, 0.2) is 36.4 Å². The molecule has 2 aromatic rings. The van der Waals surface area contributed by atoms with Crippen molar-refractivity contribution in [1.82, 2.24) is 0 Å². The smallest absolute Gasteiger partial charge is 0.0542 e. The first-order chi connectivity index (χ1) is 8.56. The molecule has 2 rings (SSSR count). The summed E-state index contributed by atoms with van der Waals surface area (Å²) in [6, 6.07) is 11.7. The second kappa shape index (κ2) is 6.47. The summed E-state index contributed by atoms with van der Waals surface area (Å²) in [6.07, 6.45) is 1.76. The summed E-state index contributed by atoms with van der Waals surface area (Å²) >= 11 is 20.4. The van der Waals surface area contributed by atoms with Gasteiger partial charge >= 0.3 is 0 Å². The van der Waals surface area contributed by atoms with Crippen LogP contribution in [0.2, 0.25) is 15.1 Å². The van der Waals surface area contributed by atoms with Gasteiger partial charge in [-0.1, -0.05) is 40.9 Å². The fourth-order valence-electron chi connectivity index (χ4n) is 1.71. The van der Waals surface area contributed by atoms with Gasteiger partial charge in [-0.3, -0.25) is 0 Å². The number of aryl methyl sites for hydroxylation is 2. The van der Waals surface area contributed by atoms with Crippen LogP contribution in [0, 0.1) is 3.57 Å². The van der Waals surface area contributed by atoms with Crippen LogP contribution < -0.4 is 0 Å². The summed E-state index contributed by atoms with van der Waals surface area (Å²) in [6.45, 7) is 0. The highest BCUT2D eigenvalue weighted by Crippen LogP contribution is 2.24. The topological polar surface area (TPSA) is 0 Å². The summed E-state index contributed by atoms with van der Waals surface area (Å²) in [4.78, 5) is 0. The average Bonchev–Trinajstić information content (AvgIpc) is 2.34. The van der Waals surface area contributed by atoms with Gasteiger partial charge in [-0.25, -0.2) is 0 Å². The van der Waals surface area contributed by atoms with Crippen LogP contribution in [0.25, 0.3) is 0 Å². The summed E-state index contributed by atoms with van der Waals surface area (Å²) < 4.78 is 1.07. The van der Waals surface area contributed by atoms with Crippen LogP contribution in [-0.2, 0) is 12.8 Å². The Labute approximate surface area is 135 Å². The molecule has 0 saturated heterocycles. The molecule has 0 bridgehead atoms. The number of hydrogen-bond donors (Lipinski definition) is 0. The number of rotatable bonds is 3. The first-order valence-electron chi connectivity index (χ1n) is 5.44. The lowest BCUT2D eigenvalue weighted by atomic mass is 10.0. The lowest BCUT2D eigenvalue weighted by molar-refractivity contribution is 0.960. The molecule has 0 nitrogen and oxygen atoms in total. The summed E-state index contributed by atoms with van der Waals surface area (Å²) in [5.41, 5.74) is 2.27. The molecular weight excluding hydrogens is 401 g/mol. The Morgan fingerprint density at radius 3 is 2.33 bits per heavy atom. The minimum absolute atomic E-state index is 0.718. The van der Waals surface area contributed by atoms with Crippen LogP contribution in [0.3, 0.4) is 0 Å². The third kappa shape index (κ3) is 3.77. The SMILES string of the molecule is Clc1ccc(Cl)c(CCc2ccc(I)c(Cl)c2)c1. The molecule has 0 fully saturated rings. The number of benzene rings is 2. The largest absolute Gasteiger partial charge is 0.0843 e. The molecule has 0 aliphatic carbocycles. The van der Waals surface area contributed by atoms with E-state index in [1.165, 1.54) is 5.56 Å². The maximum atomic E-state index is 6.13. The fourth-order valence-corrected chi connectivity index (χ4v) is 2.65. The van der Waals surface area contributed by atoms with E-state index >= 15 is 0 Å². The van der Waals surface area contributed by atoms with Gasteiger partial charge in [0.25, 0.3) is 0 Å². The molecule has 0 aliphatic rings. The zero-order valence-electron chi connectivity index (χ0n) is 9.39. The molecular formula is C14H10Cl3I. The van der Waals surface area contributed by atoms with Gasteiger partial charge < -0.3 is 0 Å². The molecule has 94 valence electrons. The molecule has 0 N–H and O–H groups in total. The summed E-state index contributed by atoms with van der Waals surface area (Å²) in [7, 11) is 0. The van der Waals surface area contributed by atoms with Crippen molar-refractivity contribution in [3.8, 4) is 0 Å². The monoisotopic (exact) mass is 410 g/mol. The van der Waals surface area contributed by atoms with E-state index in [0.29, 0.717) is 0 Å². The maximum absolute atomic E-state index is 6.13. The van der Waals surface area contributed by atoms with Crippen LogP contribution in [-0.4, -0.2) is 0 Å². The fraction of sp³-hybridized carbons (Fsp3) is 0.143. The molecule has 0 aromatic heterocycles. The van der Waals surface area contributed by atoms with E-state index in [1.54, 1.807) is 6.07 Å². The van der Waals surface area contributed by atoms with Gasteiger partial charge in [0, 0.05) is 13.6 Å². The van der Waals surface area contributed by atoms with Gasteiger partial charge in [0.1, 0.15) is 0 Å². The predicted octanol–water partition coefficient (Wildman–Crippen LogP) is 6.04. The molecule has 0 spiro atoms. The molecule has 0 aliphatic heterocycles. The van der Waals surface area contributed by atoms with Gasteiger partial charge in [0.05, 0.1) is 5.02 Å². The Bertz CT molecular complexity index is 567. The van der Waals surface area contributed by atoms with Crippen molar-refractivity contribution in [2.45, 2.75) is 12.8 Å². The quantitative estimate of drug-likeness (QED) is 0.541. The molecule has 0 unspecified atom stereocenters. The lowest BCUT2D eigenvalue weighted by Gasteiger charge is -2.06. The van der Waals surface area contributed by atoms with Crippen LogP contribution in [0.4, 0.5) is 0 Å². The maximum Gasteiger partial charge on any atom is 0.0542 e. The highest BCUT2D eigenvalue weighted by Gasteiger charge is 2.04. The van der Waals surface area contributed by atoms with Crippen molar-refractivity contribution in [2.24, 2.45) is 0 Å². The summed E-state index contributed by atoms with van der Waals surface area (Å²) in [5.74, 6) is 0. The minimum Gasteiger partial charge on any atom is -0.0843 e. The molecule has 18 heavy (non-hydrogen) atoms. The lowest BCUT2D eigenvalue weighted by Crippen LogP contribution is -1.93. The van der Waals surface area contributed by atoms with Gasteiger partial charge in [0.2, 0.25) is 0 Å². The van der Waals surface area contributed by atoms with E-state index in [2.05, 4.69) is 28.7 Å². The Balaban J connectivity index is 2.11. The molecule has 0 saturated carbocycles. The second-order valence-electron chi connectivity index (χ2n) is 3.98. The van der Waals surface area contributed by atoms with Gasteiger partial charge in [-0.2, -0.15) is 0 Å². The van der Waals surface area contributed by atoms with E-state index in [9.17, 15) is 0 Å². The highest BCUT2D eigenvalue weighted by molar-refractivity contribution is 14.1. The van der Waals surface area contributed by atoms with E-state index in [0.717, 1.165) is 37.0 Å². The first kappa shape index (κ1) is 14.4. The summed E-state index contributed by atoms with van der Waals surface area (Å²) in [5, 5.41) is 2.27. The molecule has 0 amide bonds. The van der Waals surface area contributed by atoms with Crippen molar-refractivity contribution in [2.75, 3.05) is 0 Å². The van der Waals surface area contributed by atoms with E-state index in [-0.39, 0.29) is 0 Å². The Morgan fingerprint density at radius 2 is 1.61 bits per heavy atom. The first-order valence-corrected chi connectivity index (χ1v) is 7.65. The Hall–Kier alpha value is 0.0400. The zero-order chi connectivity index (χ0) is 13.1. The van der Waals surface area contributed by atoms with Crippen molar-refractivity contribution < 1.29 is 0 Å². The van der Waals surface area contributed by atoms with Crippen LogP contribution in [0.5, 0.6) is 0 Å². The van der Waals surface area contributed by atoms with Gasteiger partial charge in [-0.05, 0) is 76.9 Å². The standard InChI is InChI=1S/C14H10Cl3I/c15-11-4-5-12(16)10(8-11)3-1-9-2-6-14(18)13(17)7-9/h2,4-8H,1,3H2. The van der Waals surface area contributed by atoms with Gasteiger partial charge in [0.15, 0.2) is 0 Å². The average molecular weight is 411 g/mol. The van der Waals surface area contributed by atoms with Crippen molar-refractivity contribution in [3.63, 3.8) is 0 Å². The molecule has 0 radical (unpaired) electrons. The molecule has 2 aromatic carbocycles. The molecule has 0 heterocycles. The second-order valence-corrected chi connectivity index (χ2v) is 6.40. The van der Waals surface area contributed by atoms with Crippen LogP contribution >= 0.6 is 57.4 Å². The molecule has 0 atom stereocenters. The highest BCUT2D eigenvalue weighted by atomic mass is 127. The van der Waals surface area contributed by atoms with E-state index < -0.39 is 0 Å². The van der Waals surface area contributed by atoms with Gasteiger partial charge in [-0.15, -0.1) is 0 Å². The molecule has 4 heteroatoms. The Kier molecular flexibility index (Phi) is 5.19. The normalized spacial score (nSPS) is 10.7. The third-order valence-corrected chi connectivity index (χ3v) is 4.85. The minimum atomic E-state index is 0.718. The van der Waals surface area contributed by atoms with E-state index in [4.69, 9.17) is 34.8 Å². The van der Waals surface area contributed by atoms with Crippen molar-refractivity contribution >= 4 is 57.4 Å². The van der Waals surface area contributed by atoms with Crippen LogP contribution in [0.1, 0.15) is 11.1 Å². The van der Waals surface area contributed by atoms with E-state index in [1.807, 2.05) is 24.3 Å². The zero-order valence-corrected chi connectivity index (χ0v) is 13.8. The third-order valence-electron chi connectivity index (χ3n) is 2.67. The Morgan fingerprint density at radius 1 is 0.833 bits per heavy atom. The predicted molar refractivity (Wildman–Crippen MR) is 88.0 cm³/mol. The van der Waals surface area contributed by atoms with Crippen molar-refractivity contribution in [1.29, 1.82) is 0 Å². The number of hydrogen-bond acceptors (Lipinski definition) is 0.